The smallest absolute Gasteiger partial charge is 0.278 e. The van der Waals surface area contributed by atoms with Crippen LogP contribution in [0.3, 0.4) is 0 Å². The molecule has 9 rings (SSSR count). The fourth-order valence-corrected chi connectivity index (χ4v) is 7.34. The van der Waals surface area contributed by atoms with Gasteiger partial charge in [-0.2, -0.15) is 9.49 Å². The van der Waals surface area contributed by atoms with Gasteiger partial charge in [-0.1, -0.05) is 29.8 Å². The van der Waals surface area contributed by atoms with Gasteiger partial charge in [0, 0.05) is 48.5 Å². The van der Waals surface area contributed by atoms with E-state index in [2.05, 4.69) is 31.1 Å². The van der Waals surface area contributed by atoms with Crippen molar-refractivity contribution < 1.29 is 27.8 Å². The SMILES string of the molecule is CC1(c2ccc(Cl)cc2F)Oc2cccc(C3=CCN(Cc4nc5cc(C(=O)Nc6ccc7n[nH]c(F)c7c6)ccc5n4C[C@@H]4CCO4)CC3)c2O1. The summed E-state index contributed by atoms with van der Waals surface area (Å²) < 4.78 is 49.5. The second-order valence-electron chi connectivity index (χ2n) is 13.5. The van der Waals surface area contributed by atoms with Crippen LogP contribution in [-0.2, 0) is 23.6 Å². The Labute approximate surface area is 301 Å². The van der Waals surface area contributed by atoms with Crippen LogP contribution >= 0.6 is 11.6 Å². The molecule has 10 nitrogen and oxygen atoms in total. The maximum absolute atomic E-state index is 14.9. The van der Waals surface area contributed by atoms with E-state index in [1.807, 2.05) is 24.3 Å². The zero-order valence-electron chi connectivity index (χ0n) is 28.1. The van der Waals surface area contributed by atoms with Gasteiger partial charge in [-0.15, -0.1) is 0 Å². The lowest BCUT2D eigenvalue weighted by Crippen LogP contribution is -2.33. The standard InChI is InChI=1S/C39H33ClF2N6O4/c1-39(29-8-6-24(40)18-30(29)41)51-34-4-2-3-27(36(34)52-39)22-11-14-47(15-12-22)21-35-44-32-17-23(5-10-33(32)48(35)20-26-13-16-50-26)38(49)43-25-7-9-31-28(19-25)37(42)46-45-31/h2-11,17-19,26H,12-16,20-21H2,1H3,(H,43,49)(H,45,46)/t26-,39?/m0/s1. The third kappa shape index (κ3) is 5.86. The molecule has 0 bridgehead atoms. The average Bonchev–Trinajstić information content (AvgIpc) is 3.78. The van der Waals surface area contributed by atoms with Crippen LogP contribution in [0.1, 0.15) is 47.1 Å². The van der Waals surface area contributed by atoms with Crippen molar-refractivity contribution in [2.24, 2.45) is 0 Å². The van der Waals surface area contributed by atoms with Crippen LogP contribution in [0.25, 0.3) is 27.5 Å². The number of aromatic nitrogens is 4. The molecule has 1 saturated heterocycles. The monoisotopic (exact) mass is 722 g/mol. The van der Waals surface area contributed by atoms with Crippen LogP contribution in [0.2, 0.25) is 5.02 Å². The fraction of sp³-hybridized carbons (Fsp3) is 0.256. The van der Waals surface area contributed by atoms with Gasteiger partial charge >= 0.3 is 0 Å². The summed E-state index contributed by atoms with van der Waals surface area (Å²) in [5.41, 5.74) is 5.34. The van der Waals surface area contributed by atoms with Gasteiger partial charge in [0.1, 0.15) is 11.6 Å². The number of H-pyrrole nitrogens is 1. The molecule has 13 heteroatoms. The first kappa shape index (κ1) is 32.6. The number of aromatic amines is 1. The fourth-order valence-electron chi connectivity index (χ4n) is 7.18. The summed E-state index contributed by atoms with van der Waals surface area (Å²) in [5.74, 6) is -0.652. The van der Waals surface area contributed by atoms with E-state index in [1.165, 1.54) is 6.07 Å². The van der Waals surface area contributed by atoms with Crippen molar-refractivity contribution in [3.63, 3.8) is 0 Å². The van der Waals surface area contributed by atoms with Crippen molar-refractivity contribution in [1.82, 2.24) is 24.6 Å². The number of halogens is 3. The number of amides is 1. The van der Waals surface area contributed by atoms with E-state index >= 15 is 0 Å². The minimum absolute atomic E-state index is 0.111. The molecule has 6 aromatic rings. The summed E-state index contributed by atoms with van der Waals surface area (Å²) in [4.78, 5) is 20.6. The summed E-state index contributed by atoms with van der Waals surface area (Å²) in [6.45, 7) is 5.18. The first-order valence-electron chi connectivity index (χ1n) is 17.1. The van der Waals surface area contributed by atoms with Gasteiger partial charge < -0.3 is 24.1 Å². The molecule has 3 aliphatic rings. The molecule has 0 spiro atoms. The van der Waals surface area contributed by atoms with E-state index in [0.29, 0.717) is 63.8 Å². The highest BCUT2D eigenvalue weighted by Crippen LogP contribution is 2.49. The number of hydrogen-bond donors (Lipinski definition) is 2. The Morgan fingerprint density at radius 2 is 1.96 bits per heavy atom. The molecule has 264 valence electrons. The molecule has 5 heterocycles. The summed E-state index contributed by atoms with van der Waals surface area (Å²) in [6.07, 6.45) is 4.04. The summed E-state index contributed by atoms with van der Waals surface area (Å²) in [7, 11) is 0. The lowest BCUT2D eigenvalue weighted by atomic mass is 9.98. The molecular formula is C39H33ClF2N6O4. The van der Waals surface area contributed by atoms with Gasteiger partial charge in [0.25, 0.3) is 11.7 Å². The van der Waals surface area contributed by atoms with Crippen molar-refractivity contribution in [3.05, 3.63) is 118 Å². The number of rotatable bonds is 8. The van der Waals surface area contributed by atoms with E-state index in [-0.39, 0.29) is 17.6 Å². The Bertz CT molecular complexity index is 2420. The molecule has 4 aromatic carbocycles. The van der Waals surface area contributed by atoms with Gasteiger partial charge in [-0.05, 0) is 79.1 Å². The number of anilines is 1. The molecule has 52 heavy (non-hydrogen) atoms. The van der Waals surface area contributed by atoms with E-state index < -0.39 is 17.6 Å². The molecular weight excluding hydrogens is 690 g/mol. The first-order valence-corrected chi connectivity index (χ1v) is 17.5. The van der Waals surface area contributed by atoms with Gasteiger partial charge in [-0.3, -0.25) is 14.8 Å². The molecule has 0 radical (unpaired) electrons. The van der Waals surface area contributed by atoms with Crippen LogP contribution in [0, 0.1) is 11.8 Å². The molecule has 0 saturated carbocycles. The second kappa shape index (κ2) is 12.7. The third-order valence-electron chi connectivity index (χ3n) is 10.0. The molecule has 1 fully saturated rings. The lowest BCUT2D eigenvalue weighted by Gasteiger charge is -2.29. The quantitative estimate of drug-likeness (QED) is 0.165. The lowest BCUT2D eigenvalue weighted by molar-refractivity contribution is -0.0708. The maximum Gasteiger partial charge on any atom is 0.278 e. The Kier molecular flexibility index (Phi) is 7.98. The van der Waals surface area contributed by atoms with E-state index in [4.69, 9.17) is 30.8 Å². The summed E-state index contributed by atoms with van der Waals surface area (Å²) >= 11 is 6.00. The zero-order valence-corrected chi connectivity index (χ0v) is 28.8. The molecule has 2 atom stereocenters. The van der Waals surface area contributed by atoms with Crippen LogP contribution in [0.5, 0.6) is 11.5 Å². The number of carbonyl (C=O) groups is 1. The first-order chi connectivity index (χ1) is 25.2. The number of fused-ring (bicyclic) bond motifs is 3. The number of ether oxygens (including phenoxy) is 3. The highest BCUT2D eigenvalue weighted by atomic mass is 35.5. The van der Waals surface area contributed by atoms with Crippen LogP contribution < -0.4 is 14.8 Å². The largest absolute Gasteiger partial charge is 0.444 e. The molecule has 1 unspecified atom stereocenters. The van der Waals surface area contributed by atoms with Gasteiger partial charge in [0.05, 0.1) is 46.7 Å². The molecule has 1 amide bonds. The topological polar surface area (TPSA) is 107 Å². The summed E-state index contributed by atoms with van der Waals surface area (Å²) in [6, 6.07) is 20.6. The highest BCUT2D eigenvalue weighted by molar-refractivity contribution is 6.30. The molecule has 0 aliphatic carbocycles. The Balaban J connectivity index is 0.938. The van der Waals surface area contributed by atoms with Gasteiger partial charge in [-0.25, -0.2) is 9.37 Å². The minimum atomic E-state index is -1.33. The van der Waals surface area contributed by atoms with E-state index in [1.54, 1.807) is 49.4 Å². The van der Waals surface area contributed by atoms with Crippen LogP contribution in [0.15, 0.2) is 78.9 Å². The van der Waals surface area contributed by atoms with E-state index in [9.17, 15) is 13.6 Å². The minimum Gasteiger partial charge on any atom is -0.444 e. The number of nitrogens with zero attached hydrogens (tertiary/aromatic N) is 4. The van der Waals surface area contributed by atoms with E-state index in [0.717, 1.165) is 48.5 Å². The predicted octanol–water partition coefficient (Wildman–Crippen LogP) is 7.82. The highest BCUT2D eigenvalue weighted by Gasteiger charge is 2.42. The summed E-state index contributed by atoms with van der Waals surface area (Å²) in [5, 5.41) is 9.69. The van der Waals surface area contributed by atoms with Gasteiger partial charge in [0.15, 0.2) is 11.5 Å². The number of imidazole rings is 1. The molecule has 2 N–H and O–H groups in total. The van der Waals surface area contributed by atoms with Gasteiger partial charge in [0.2, 0.25) is 5.95 Å². The second-order valence-corrected chi connectivity index (χ2v) is 13.9. The average molecular weight is 723 g/mol. The van der Waals surface area contributed by atoms with Crippen LogP contribution in [0.4, 0.5) is 14.5 Å². The third-order valence-corrected chi connectivity index (χ3v) is 10.3. The molecule has 3 aliphatic heterocycles. The number of benzene rings is 4. The van der Waals surface area contributed by atoms with Crippen molar-refractivity contribution in [3.8, 4) is 11.5 Å². The van der Waals surface area contributed by atoms with Crippen molar-refractivity contribution in [2.45, 2.75) is 44.7 Å². The number of hydrogen-bond acceptors (Lipinski definition) is 7. The van der Waals surface area contributed by atoms with Crippen molar-refractivity contribution in [2.75, 3.05) is 25.0 Å². The van der Waals surface area contributed by atoms with Crippen molar-refractivity contribution >= 4 is 50.7 Å². The zero-order chi connectivity index (χ0) is 35.6. The number of carbonyl (C=O) groups excluding carboxylic acids is 1. The number of para-hydroxylation sites is 1. The van der Waals surface area contributed by atoms with Crippen molar-refractivity contribution in [1.29, 1.82) is 0 Å². The molecule has 2 aromatic heterocycles. The number of nitrogens with one attached hydrogen (secondary N) is 2. The normalized spacial score (nSPS) is 19.9. The Morgan fingerprint density at radius 1 is 1.08 bits per heavy atom. The Morgan fingerprint density at radius 3 is 2.75 bits per heavy atom. The van der Waals surface area contributed by atoms with Crippen LogP contribution in [-0.4, -0.2) is 56.4 Å². The predicted molar refractivity (Wildman–Crippen MR) is 192 cm³/mol. The maximum atomic E-state index is 14.9. The Hall–Kier alpha value is -5.30.